The van der Waals surface area contributed by atoms with Gasteiger partial charge in [0.05, 0.1) is 15.5 Å². The van der Waals surface area contributed by atoms with Crippen LogP contribution in [0.2, 0.25) is 0 Å². The molecule has 0 amide bonds. The summed E-state index contributed by atoms with van der Waals surface area (Å²) < 4.78 is 58.3. The van der Waals surface area contributed by atoms with E-state index in [0.29, 0.717) is 24.1 Å². The first-order valence-electron chi connectivity index (χ1n) is 14.5. The SMILES string of the molecule is C=C(CN(CCc1c[nH]c2ccccc12)S(=O)(=O)c1ccccc1)CC1(C)CN(S(=O)(=O)c2ccccc2)c2ccccc21. The summed E-state index contributed by atoms with van der Waals surface area (Å²) in [6.07, 6.45) is 2.87. The molecular weight excluding hydrogens is 591 g/mol. The maximum absolute atomic E-state index is 13.9. The fourth-order valence-corrected chi connectivity index (χ4v) is 9.35. The van der Waals surface area contributed by atoms with E-state index < -0.39 is 25.5 Å². The average Bonchev–Trinajstić information content (AvgIpc) is 3.59. The first-order valence-corrected chi connectivity index (χ1v) is 17.4. The monoisotopic (exact) mass is 625 g/mol. The molecule has 0 saturated carbocycles. The van der Waals surface area contributed by atoms with Crippen LogP contribution in [-0.4, -0.2) is 45.8 Å². The number of anilines is 1. The Kier molecular flexibility index (Phi) is 7.96. The molecule has 0 fully saturated rings. The van der Waals surface area contributed by atoms with Gasteiger partial charge in [0, 0.05) is 42.1 Å². The van der Waals surface area contributed by atoms with Crippen molar-refractivity contribution in [3.05, 3.63) is 139 Å². The topological polar surface area (TPSA) is 90.6 Å². The van der Waals surface area contributed by atoms with Crippen molar-refractivity contribution in [1.29, 1.82) is 0 Å². The number of hydrogen-bond donors (Lipinski definition) is 1. The van der Waals surface area contributed by atoms with Gasteiger partial charge in [-0.1, -0.05) is 91.9 Å². The molecule has 0 radical (unpaired) electrons. The lowest BCUT2D eigenvalue weighted by Gasteiger charge is -2.29. The Balaban J connectivity index is 1.27. The van der Waals surface area contributed by atoms with Crippen molar-refractivity contribution in [3.8, 4) is 0 Å². The summed E-state index contributed by atoms with van der Waals surface area (Å²) >= 11 is 0. The molecule has 0 saturated heterocycles. The Labute approximate surface area is 259 Å². The molecule has 2 heterocycles. The summed E-state index contributed by atoms with van der Waals surface area (Å²) in [6.45, 7) is 6.97. The van der Waals surface area contributed by atoms with Crippen LogP contribution in [0.15, 0.2) is 137 Å². The van der Waals surface area contributed by atoms with Gasteiger partial charge in [0.1, 0.15) is 0 Å². The minimum atomic E-state index is -3.83. The number of H-pyrrole nitrogens is 1. The molecule has 5 aromatic rings. The second-order valence-electron chi connectivity index (χ2n) is 11.6. The quantitative estimate of drug-likeness (QED) is 0.169. The molecule has 7 nitrogen and oxygen atoms in total. The highest BCUT2D eigenvalue weighted by Gasteiger charge is 2.44. The maximum atomic E-state index is 13.9. The second kappa shape index (κ2) is 11.7. The molecule has 226 valence electrons. The minimum absolute atomic E-state index is 0.114. The van der Waals surface area contributed by atoms with Crippen molar-refractivity contribution in [2.75, 3.05) is 23.9 Å². The number of fused-ring (bicyclic) bond motifs is 2. The summed E-state index contributed by atoms with van der Waals surface area (Å²) in [4.78, 5) is 3.73. The number of rotatable bonds is 11. The van der Waals surface area contributed by atoms with Crippen LogP contribution in [0.4, 0.5) is 5.69 Å². The van der Waals surface area contributed by atoms with Gasteiger partial charge in [0.15, 0.2) is 0 Å². The zero-order valence-electron chi connectivity index (χ0n) is 24.6. The van der Waals surface area contributed by atoms with Gasteiger partial charge in [-0.3, -0.25) is 4.31 Å². The van der Waals surface area contributed by atoms with E-state index in [1.54, 1.807) is 60.7 Å². The molecule has 1 N–H and O–H groups in total. The van der Waals surface area contributed by atoms with Crippen LogP contribution in [0.3, 0.4) is 0 Å². The molecule has 1 aliphatic rings. The molecule has 9 heteroatoms. The van der Waals surface area contributed by atoms with Crippen molar-refractivity contribution in [2.45, 2.75) is 35.0 Å². The van der Waals surface area contributed by atoms with Crippen molar-refractivity contribution < 1.29 is 16.8 Å². The number of benzene rings is 4. The highest BCUT2D eigenvalue weighted by atomic mass is 32.2. The first-order chi connectivity index (χ1) is 21.1. The third-order valence-corrected chi connectivity index (χ3v) is 12.0. The van der Waals surface area contributed by atoms with Crippen LogP contribution in [0, 0.1) is 0 Å². The van der Waals surface area contributed by atoms with Crippen LogP contribution < -0.4 is 4.31 Å². The van der Waals surface area contributed by atoms with E-state index in [2.05, 4.69) is 11.6 Å². The Morgan fingerprint density at radius 3 is 2.18 bits per heavy atom. The van der Waals surface area contributed by atoms with Gasteiger partial charge in [0.25, 0.3) is 10.0 Å². The lowest BCUT2D eigenvalue weighted by atomic mass is 9.79. The van der Waals surface area contributed by atoms with Crippen molar-refractivity contribution in [3.63, 3.8) is 0 Å². The Morgan fingerprint density at radius 1 is 0.841 bits per heavy atom. The second-order valence-corrected chi connectivity index (χ2v) is 15.4. The number of hydrogen-bond acceptors (Lipinski definition) is 4. The number of nitrogens with zero attached hydrogens (tertiary/aromatic N) is 2. The van der Waals surface area contributed by atoms with Gasteiger partial charge in [-0.15, -0.1) is 0 Å². The van der Waals surface area contributed by atoms with Crippen molar-refractivity contribution in [2.24, 2.45) is 0 Å². The summed E-state index contributed by atoms with van der Waals surface area (Å²) in [7, 11) is -7.63. The summed E-state index contributed by atoms with van der Waals surface area (Å²) in [5.41, 5.74) is 3.69. The molecule has 1 unspecified atom stereocenters. The van der Waals surface area contributed by atoms with E-state index in [-0.39, 0.29) is 29.4 Å². The summed E-state index contributed by atoms with van der Waals surface area (Å²) in [6, 6.07) is 32.4. The third kappa shape index (κ3) is 5.58. The normalized spacial score (nSPS) is 16.8. The van der Waals surface area contributed by atoms with Gasteiger partial charge in [-0.25, -0.2) is 16.8 Å². The van der Waals surface area contributed by atoms with E-state index in [9.17, 15) is 16.8 Å². The zero-order valence-corrected chi connectivity index (χ0v) is 26.2. The zero-order chi connectivity index (χ0) is 31.0. The predicted octanol–water partition coefficient (Wildman–Crippen LogP) is 6.51. The van der Waals surface area contributed by atoms with E-state index >= 15 is 0 Å². The smallest absolute Gasteiger partial charge is 0.264 e. The maximum Gasteiger partial charge on any atom is 0.264 e. The van der Waals surface area contributed by atoms with Crippen LogP contribution in [0.25, 0.3) is 10.9 Å². The van der Waals surface area contributed by atoms with Crippen LogP contribution in [0.5, 0.6) is 0 Å². The van der Waals surface area contributed by atoms with Gasteiger partial charge < -0.3 is 4.98 Å². The van der Waals surface area contributed by atoms with Gasteiger partial charge in [-0.05, 0) is 60.4 Å². The lowest BCUT2D eigenvalue weighted by molar-refractivity contribution is 0.419. The molecule has 1 aromatic heterocycles. The van der Waals surface area contributed by atoms with Crippen LogP contribution in [0.1, 0.15) is 24.5 Å². The number of nitrogens with one attached hydrogen (secondary N) is 1. The van der Waals surface area contributed by atoms with E-state index in [4.69, 9.17) is 0 Å². The molecule has 0 bridgehead atoms. The van der Waals surface area contributed by atoms with E-state index in [1.807, 2.05) is 61.7 Å². The number of aromatic amines is 1. The largest absolute Gasteiger partial charge is 0.361 e. The average molecular weight is 626 g/mol. The Bertz CT molecular complexity index is 2020. The third-order valence-electron chi connectivity index (χ3n) is 8.37. The number of aromatic nitrogens is 1. The molecule has 4 aromatic carbocycles. The van der Waals surface area contributed by atoms with Crippen molar-refractivity contribution in [1.82, 2.24) is 9.29 Å². The predicted molar refractivity (Wildman–Crippen MR) is 176 cm³/mol. The van der Waals surface area contributed by atoms with Gasteiger partial charge in [-0.2, -0.15) is 4.31 Å². The first kappa shape index (κ1) is 29.9. The van der Waals surface area contributed by atoms with Gasteiger partial charge in [0.2, 0.25) is 10.0 Å². The fraction of sp³-hybridized carbons (Fsp3) is 0.200. The molecule has 0 spiro atoms. The molecule has 44 heavy (non-hydrogen) atoms. The fourth-order valence-electron chi connectivity index (χ4n) is 6.24. The highest BCUT2D eigenvalue weighted by molar-refractivity contribution is 7.92. The highest BCUT2D eigenvalue weighted by Crippen LogP contribution is 2.46. The van der Waals surface area contributed by atoms with Crippen LogP contribution >= 0.6 is 0 Å². The van der Waals surface area contributed by atoms with E-state index in [1.165, 1.54) is 8.61 Å². The molecular formula is C35H35N3O4S2. The molecule has 1 aliphatic heterocycles. The Morgan fingerprint density at radius 2 is 1.45 bits per heavy atom. The van der Waals surface area contributed by atoms with Crippen LogP contribution in [-0.2, 0) is 31.9 Å². The standard InChI is InChI=1S/C35H35N3O4S2/c1-27(23-35(2)26-38(34-20-12-10-18-32(34)35)44(41,42)30-15-7-4-8-16-30)25-37(43(39,40)29-13-5-3-6-14-29)22-21-28-24-36-33-19-11-9-17-31(28)33/h3-20,24,36H,1,21-23,25-26H2,2H3. The number of para-hydroxylation sites is 2. The Hall–Kier alpha value is -4.18. The molecule has 6 rings (SSSR count). The van der Waals surface area contributed by atoms with E-state index in [0.717, 1.165) is 22.0 Å². The molecule has 1 atom stereocenters. The molecule has 0 aliphatic carbocycles. The van der Waals surface area contributed by atoms with Crippen molar-refractivity contribution >= 4 is 36.6 Å². The summed E-state index contributed by atoms with van der Waals surface area (Å²) in [5, 5.41) is 1.07. The minimum Gasteiger partial charge on any atom is -0.361 e. The lowest BCUT2D eigenvalue weighted by Crippen LogP contribution is -2.38. The van der Waals surface area contributed by atoms with Gasteiger partial charge >= 0.3 is 0 Å². The number of sulfonamides is 2. The summed E-state index contributed by atoms with van der Waals surface area (Å²) in [5.74, 6) is 0.